The Morgan fingerprint density at radius 2 is 1.46 bits per heavy atom. The minimum atomic E-state index is -0.894. The van der Waals surface area contributed by atoms with Gasteiger partial charge in [0, 0.05) is 18.8 Å². The lowest BCUT2D eigenvalue weighted by atomic mass is 10.1. The van der Waals surface area contributed by atoms with Gasteiger partial charge in [0.15, 0.2) is 0 Å². The maximum Gasteiger partial charge on any atom is 0.323 e. The Morgan fingerprint density at radius 3 is 2.04 bits per heavy atom. The molecule has 1 heterocycles. The Bertz CT molecular complexity index is 785. The SMILES string of the molecule is O=C(O)CN(CCCCN1C(=O)c2ccccc2C1=O)c1ccccc1. The Hall–Kier alpha value is -3.15. The smallest absolute Gasteiger partial charge is 0.323 e. The van der Waals surface area contributed by atoms with E-state index in [4.69, 9.17) is 5.11 Å². The van der Waals surface area contributed by atoms with Crippen LogP contribution in [0.15, 0.2) is 54.6 Å². The molecule has 6 heteroatoms. The van der Waals surface area contributed by atoms with Crippen molar-refractivity contribution in [2.45, 2.75) is 12.8 Å². The molecule has 1 aliphatic heterocycles. The van der Waals surface area contributed by atoms with Gasteiger partial charge in [-0.1, -0.05) is 30.3 Å². The van der Waals surface area contributed by atoms with E-state index < -0.39 is 5.97 Å². The van der Waals surface area contributed by atoms with Crippen molar-refractivity contribution in [3.05, 3.63) is 65.7 Å². The van der Waals surface area contributed by atoms with Gasteiger partial charge < -0.3 is 10.0 Å². The largest absolute Gasteiger partial charge is 0.480 e. The number of carbonyl (C=O) groups excluding carboxylic acids is 2. The predicted molar refractivity (Wildman–Crippen MR) is 97.3 cm³/mol. The van der Waals surface area contributed by atoms with Crippen LogP contribution in [0.1, 0.15) is 33.6 Å². The van der Waals surface area contributed by atoms with E-state index in [0.717, 1.165) is 5.69 Å². The molecule has 0 aliphatic carbocycles. The highest BCUT2D eigenvalue weighted by molar-refractivity contribution is 6.21. The number of anilines is 1. The van der Waals surface area contributed by atoms with Crippen LogP contribution in [-0.2, 0) is 4.79 Å². The molecule has 0 bridgehead atoms. The lowest BCUT2D eigenvalue weighted by molar-refractivity contribution is -0.135. The van der Waals surface area contributed by atoms with E-state index in [2.05, 4.69) is 0 Å². The van der Waals surface area contributed by atoms with Gasteiger partial charge in [0.1, 0.15) is 6.54 Å². The normalized spacial score (nSPS) is 13.0. The van der Waals surface area contributed by atoms with Crippen LogP contribution in [0.3, 0.4) is 0 Å². The molecule has 134 valence electrons. The summed E-state index contributed by atoms with van der Waals surface area (Å²) in [7, 11) is 0. The molecular formula is C20H20N2O4. The standard InChI is InChI=1S/C20H20N2O4/c23-18(24)14-21(15-8-2-1-3-9-15)12-6-7-13-22-19(25)16-10-4-5-11-17(16)20(22)26/h1-5,8-11H,6-7,12-14H2,(H,23,24). The summed E-state index contributed by atoms with van der Waals surface area (Å²) in [6.45, 7) is 0.790. The van der Waals surface area contributed by atoms with Gasteiger partial charge in [-0.15, -0.1) is 0 Å². The van der Waals surface area contributed by atoms with E-state index in [9.17, 15) is 14.4 Å². The fourth-order valence-corrected chi connectivity index (χ4v) is 3.12. The van der Waals surface area contributed by atoms with E-state index >= 15 is 0 Å². The number of imide groups is 1. The van der Waals surface area contributed by atoms with E-state index in [0.29, 0.717) is 37.1 Å². The number of benzene rings is 2. The zero-order valence-corrected chi connectivity index (χ0v) is 14.3. The highest BCUT2D eigenvalue weighted by atomic mass is 16.4. The van der Waals surface area contributed by atoms with Crippen LogP contribution in [-0.4, -0.2) is 47.4 Å². The van der Waals surface area contributed by atoms with Crippen LogP contribution >= 0.6 is 0 Å². The monoisotopic (exact) mass is 352 g/mol. The number of unbranched alkanes of at least 4 members (excludes halogenated alkanes) is 1. The van der Waals surface area contributed by atoms with Crippen LogP contribution in [0.2, 0.25) is 0 Å². The fourth-order valence-electron chi connectivity index (χ4n) is 3.12. The first kappa shape index (κ1) is 17.7. The summed E-state index contributed by atoms with van der Waals surface area (Å²) in [4.78, 5) is 38.8. The van der Waals surface area contributed by atoms with Gasteiger partial charge in [0.2, 0.25) is 0 Å². The molecule has 0 aromatic heterocycles. The number of carboxylic acids is 1. The van der Waals surface area contributed by atoms with Crippen molar-refractivity contribution in [2.24, 2.45) is 0 Å². The van der Waals surface area contributed by atoms with Gasteiger partial charge in [-0.25, -0.2) is 0 Å². The second kappa shape index (κ2) is 7.82. The quantitative estimate of drug-likeness (QED) is 0.584. The van der Waals surface area contributed by atoms with Crippen molar-refractivity contribution in [3.63, 3.8) is 0 Å². The average Bonchev–Trinajstić information content (AvgIpc) is 2.89. The molecule has 2 aromatic rings. The number of rotatable bonds is 8. The highest BCUT2D eigenvalue weighted by Crippen LogP contribution is 2.23. The molecule has 2 aromatic carbocycles. The number of aliphatic carboxylic acids is 1. The highest BCUT2D eigenvalue weighted by Gasteiger charge is 2.34. The number of fused-ring (bicyclic) bond motifs is 1. The molecule has 2 amide bonds. The second-order valence-electron chi connectivity index (χ2n) is 6.17. The molecule has 0 unspecified atom stereocenters. The van der Waals surface area contributed by atoms with Crippen molar-refractivity contribution in [1.29, 1.82) is 0 Å². The summed E-state index contributed by atoms with van der Waals surface area (Å²) in [6.07, 6.45) is 1.30. The number of hydrogen-bond acceptors (Lipinski definition) is 4. The number of para-hydroxylation sites is 1. The molecule has 26 heavy (non-hydrogen) atoms. The maximum absolute atomic E-state index is 12.3. The van der Waals surface area contributed by atoms with Crippen LogP contribution in [0.5, 0.6) is 0 Å². The van der Waals surface area contributed by atoms with Crippen molar-refractivity contribution in [3.8, 4) is 0 Å². The molecule has 0 saturated carbocycles. The Balaban J connectivity index is 1.55. The third-order valence-corrected chi connectivity index (χ3v) is 4.39. The molecule has 0 fully saturated rings. The minimum Gasteiger partial charge on any atom is -0.480 e. The van der Waals surface area contributed by atoms with Crippen molar-refractivity contribution >= 4 is 23.5 Å². The Kier molecular flexibility index (Phi) is 5.31. The molecule has 0 radical (unpaired) electrons. The van der Waals surface area contributed by atoms with Gasteiger partial charge in [-0.2, -0.15) is 0 Å². The van der Waals surface area contributed by atoms with Crippen LogP contribution in [0.4, 0.5) is 5.69 Å². The Labute approximate surface area is 151 Å². The van der Waals surface area contributed by atoms with Crippen LogP contribution < -0.4 is 4.90 Å². The summed E-state index contributed by atoms with van der Waals surface area (Å²) >= 11 is 0. The van der Waals surface area contributed by atoms with E-state index in [1.165, 1.54) is 4.90 Å². The summed E-state index contributed by atoms with van der Waals surface area (Å²) < 4.78 is 0. The lowest BCUT2D eigenvalue weighted by Crippen LogP contribution is -2.33. The molecule has 3 rings (SSSR count). The van der Waals surface area contributed by atoms with Crippen LogP contribution in [0, 0.1) is 0 Å². The third-order valence-electron chi connectivity index (χ3n) is 4.39. The second-order valence-corrected chi connectivity index (χ2v) is 6.17. The van der Waals surface area contributed by atoms with Crippen LogP contribution in [0.25, 0.3) is 0 Å². The molecule has 6 nitrogen and oxygen atoms in total. The zero-order valence-electron chi connectivity index (χ0n) is 14.3. The van der Waals surface area contributed by atoms with Gasteiger partial charge in [0.25, 0.3) is 11.8 Å². The number of amides is 2. The number of nitrogens with zero attached hydrogens (tertiary/aromatic N) is 2. The fraction of sp³-hybridized carbons (Fsp3) is 0.250. The number of carbonyl (C=O) groups is 3. The van der Waals surface area contributed by atoms with Gasteiger partial charge in [0.05, 0.1) is 11.1 Å². The summed E-state index contributed by atoms with van der Waals surface area (Å²) in [6, 6.07) is 16.2. The minimum absolute atomic E-state index is 0.0863. The summed E-state index contributed by atoms with van der Waals surface area (Å²) in [5.74, 6) is -1.40. The summed E-state index contributed by atoms with van der Waals surface area (Å²) in [5.41, 5.74) is 1.75. The number of carboxylic acid groups (broad SMARTS) is 1. The molecule has 1 aliphatic rings. The molecule has 1 N–H and O–H groups in total. The van der Waals surface area contributed by atoms with Crippen molar-refractivity contribution in [1.82, 2.24) is 4.90 Å². The first-order valence-electron chi connectivity index (χ1n) is 8.55. The van der Waals surface area contributed by atoms with Crippen molar-refractivity contribution < 1.29 is 19.5 Å². The average molecular weight is 352 g/mol. The molecule has 0 atom stereocenters. The maximum atomic E-state index is 12.3. The van der Waals surface area contributed by atoms with Gasteiger partial charge >= 0.3 is 5.97 Å². The third kappa shape index (κ3) is 3.74. The van der Waals surface area contributed by atoms with E-state index in [1.807, 2.05) is 30.3 Å². The topological polar surface area (TPSA) is 77.9 Å². The zero-order chi connectivity index (χ0) is 18.5. The van der Waals surface area contributed by atoms with Gasteiger partial charge in [-0.05, 0) is 37.1 Å². The van der Waals surface area contributed by atoms with E-state index in [-0.39, 0.29) is 18.4 Å². The first-order valence-corrected chi connectivity index (χ1v) is 8.55. The summed E-state index contributed by atoms with van der Waals surface area (Å²) in [5, 5.41) is 9.10. The van der Waals surface area contributed by atoms with Gasteiger partial charge in [-0.3, -0.25) is 19.3 Å². The first-order chi connectivity index (χ1) is 12.6. The molecular weight excluding hydrogens is 332 g/mol. The number of hydrogen-bond donors (Lipinski definition) is 1. The van der Waals surface area contributed by atoms with E-state index in [1.54, 1.807) is 29.2 Å². The Morgan fingerprint density at radius 1 is 0.885 bits per heavy atom. The predicted octanol–water partition coefficient (Wildman–Crippen LogP) is 2.65. The lowest BCUT2D eigenvalue weighted by Gasteiger charge is -2.23. The molecule has 0 spiro atoms. The van der Waals surface area contributed by atoms with Crippen molar-refractivity contribution in [2.75, 3.05) is 24.5 Å². The molecule has 0 saturated heterocycles.